The summed E-state index contributed by atoms with van der Waals surface area (Å²) in [6.45, 7) is 1.40. The zero-order chi connectivity index (χ0) is 16.9. The van der Waals surface area contributed by atoms with E-state index >= 15 is 0 Å². The van der Waals surface area contributed by atoms with E-state index in [1.165, 1.54) is 14.1 Å². The molecule has 1 saturated heterocycles. The Morgan fingerprint density at radius 1 is 1.17 bits per heavy atom. The van der Waals surface area contributed by atoms with E-state index in [4.69, 9.17) is 0 Å². The molecule has 1 aromatic rings. The first-order chi connectivity index (χ1) is 10.9. The van der Waals surface area contributed by atoms with Gasteiger partial charge in [-0.15, -0.1) is 0 Å². The molecule has 0 spiro atoms. The molecule has 1 atom stereocenters. The summed E-state index contributed by atoms with van der Waals surface area (Å²) in [5.41, 5.74) is 0.935. The summed E-state index contributed by atoms with van der Waals surface area (Å²) in [7, 11) is -0.762. The van der Waals surface area contributed by atoms with Gasteiger partial charge in [0.25, 0.3) is 10.2 Å². The summed E-state index contributed by atoms with van der Waals surface area (Å²) in [5, 5.41) is 0. The van der Waals surface area contributed by atoms with Gasteiger partial charge in [-0.3, -0.25) is 4.79 Å². The quantitative estimate of drug-likeness (QED) is 0.841. The highest BCUT2D eigenvalue weighted by Crippen LogP contribution is 2.13. The minimum Gasteiger partial charge on any atom is -0.341 e. The normalized spacial score (nSPS) is 17.3. The highest BCUT2D eigenvalue weighted by molar-refractivity contribution is 7.87. The number of hydrogen-bond acceptors (Lipinski definition) is 3. The predicted molar refractivity (Wildman–Crippen MR) is 90.1 cm³/mol. The lowest BCUT2D eigenvalue weighted by molar-refractivity contribution is -0.133. The molecule has 0 saturated carbocycles. The summed E-state index contributed by atoms with van der Waals surface area (Å²) in [6.07, 6.45) is 3.42. The van der Waals surface area contributed by atoms with E-state index in [1.807, 2.05) is 30.3 Å². The predicted octanol–water partition coefficient (Wildman–Crippen LogP) is 1.01. The van der Waals surface area contributed by atoms with Crippen LogP contribution in [-0.4, -0.2) is 56.8 Å². The van der Waals surface area contributed by atoms with Gasteiger partial charge in [-0.05, 0) is 31.2 Å². The van der Waals surface area contributed by atoms with Crippen LogP contribution < -0.4 is 4.72 Å². The average molecular weight is 339 g/mol. The maximum atomic E-state index is 12.8. The molecular formula is C16H25N3O3S. The molecule has 7 heteroatoms. The second-order valence-corrected chi connectivity index (χ2v) is 7.95. The third-order valence-electron chi connectivity index (χ3n) is 4.02. The molecule has 1 N–H and O–H groups in total. The van der Waals surface area contributed by atoms with Crippen LogP contribution in [0.4, 0.5) is 0 Å². The second kappa shape index (κ2) is 7.90. The van der Waals surface area contributed by atoms with Gasteiger partial charge < -0.3 is 4.90 Å². The highest BCUT2D eigenvalue weighted by Gasteiger charge is 2.30. The maximum Gasteiger partial charge on any atom is 0.279 e. The van der Waals surface area contributed by atoms with Crippen molar-refractivity contribution in [3.05, 3.63) is 35.9 Å². The van der Waals surface area contributed by atoms with Gasteiger partial charge in [-0.2, -0.15) is 17.4 Å². The lowest BCUT2D eigenvalue weighted by Gasteiger charge is -2.31. The Morgan fingerprint density at radius 2 is 1.78 bits per heavy atom. The highest BCUT2D eigenvalue weighted by atomic mass is 32.2. The number of benzene rings is 1. The fraction of sp³-hybridized carbons (Fsp3) is 0.562. The Kier molecular flexibility index (Phi) is 6.15. The van der Waals surface area contributed by atoms with Crippen LogP contribution in [0.3, 0.4) is 0 Å². The lowest BCUT2D eigenvalue weighted by Crippen LogP contribution is -2.53. The van der Waals surface area contributed by atoms with Gasteiger partial charge in [-0.1, -0.05) is 30.3 Å². The number of nitrogens with zero attached hydrogens (tertiary/aromatic N) is 2. The first-order valence-electron chi connectivity index (χ1n) is 7.92. The van der Waals surface area contributed by atoms with Crippen LogP contribution >= 0.6 is 0 Å². The number of carbonyl (C=O) groups is 1. The third kappa shape index (κ3) is 5.02. The number of carbonyl (C=O) groups excluding carboxylic acids is 1. The standard InChI is InChI=1S/C16H25N3O3S/c1-18(2)23(21,22)17-15(13-14-9-5-3-6-10-14)16(20)19-11-7-4-8-12-19/h3,5-6,9-10,15,17H,4,7-8,11-13H2,1-2H3/t15-/m0/s1. The molecule has 1 fully saturated rings. The Morgan fingerprint density at radius 3 is 2.35 bits per heavy atom. The molecule has 1 amide bonds. The average Bonchev–Trinajstić information content (AvgIpc) is 2.55. The molecule has 0 aliphatic carbocycles. The van der Waals surface area contributed by atoms with Crippen LogP contribution in [0.5, 0.6) is 0 Å². The Labute approximate surface area is 138 Å². The van der Waals surface area contributed by atoms with Crippen LogP contribution in [0.2, 0.25) is 0 Å². The van der Waals surface area contributed by atoms with Gasteiger partial charge in [0.2, 0.25) is 5.91 Å². The molecule has 0 aromatic heterocycles. The number of hydrogen-bond donors (Lipinski definition) is 1. The van der Waals surface area contributed by atoms with Gasteiger partial charge in [0.05, 0.1) is 0 Å². The summed E-state index contributed by atoms with van der Waals surface area (Å²) >= 11 is 0. The molecule has 0 unspecified atom stereocenters. The summed E-state index contributed by atoms with van der Waals surface area (Å²) in [4.78, 5) is 14.6. The molecule has 0 radical (unpaired) electrons. The van der Waals surface area contributed by atoms with Crippen LogP contribution in [0.25, 0.3) is 0 Å². The Bertz CT molecular complexity index is 611. The van der Waals surface area contributed by atoms with E-state index in [9.17, 15) is 13.2 Å². The van der Waals surface area contributed by atoms with Crippen molar-refractivity contribution in [3.63, 3.8) is 0 Å². The smallest absolute Gasteiger partial charge is 0.279 e. The van der Waals surface area contributed by atoms with Crippen molar-refractivity contribution in [1.82, 2.24) is 13.9 Å². The number of piperidine rings is 1. The van der Waals surface area contributed by atoms with E-state index in [2.05, 4.69) is 4.72 Å². The molecule has 23 heavy (non-hydrogen) atoms. The second-order valence-electron chi connectivity index (χ2n) is 6.03. The third-order valence-corrected chi connectivity index (χ3v) is 5.56. The zero-order valence-corrected chi connectivity index (χ0v) is 14.6. The number of rotatable bonds is 6. The van der Waals surface area contributed by atoms with Gasteiger partial charge in [0.1, 0.15) is 6.04 Å². The molecule has 0 bridgehead atoms. The van der Waals surface area contributed by atoms with E-state index in [0.29, 0.717) is 19.5 Å². The van der Waals surface area contributed by atoms with Crippen molar-refractivity contribution in [2.45, 2.75) is 31.7 Å². The van der Waals surface area contributed by atoms with Crippen LogP contribution in [0.1, 0.15) is 24.8 Å². The SMILES string of the molecule is CN(C)S(=O)(=O)N[C@@H](Cc1ccccc1)C(=O)N1CCCCC1. The Hall–Kier alpha value is -1.44. The van der Waals surface area contributed by atoms with Crippen molar-refractivity contribution in [2.24, 2.45) is 0 Å². The number of nitrogens with one attached hydrogen (secondary N) is 1. The molecule has 2 rings (SSSR count). The van der Waals surface area contributed by atoms with Crippen LogP contribution in [-0.2, 0) is 21.4 Å². The van der Waals surface area contributed by atoms with E-state index in [-0.39, 0.29) is 5.91 Å². The monoisotopic (exact) mass is 339 g/mol. The fourth-order valence-corrected chi connectivity index (χ4v) is 3.40. The maximum absolute atomic E-state index is 12.8. The topological polar surface area (TPSA) is 69.7 Å². The first kappa shape index (κ1) is 17.9. The number of likely N-dealkylation sites (tertiary alicyclic amines) is 1. The van der Waals surface area contributed by atoms with Gasteiger partial charge in [0, 0.05) is 27.2 Å². The Balaban J connectivity index is 2.18. The van der Waals surface area contributed by atoms with Crippen molar-refractivity contribution < 1.29 is 13.2 Å². The van der Waals surface area contributed by atoms with E-state index in [0.717, 1.165) is 29.1 Å². The minimum absolute atomic E-state index is 0.140. The van der Waals surface area contributed by atoms with E-state index in [1.54, 1.807) is 4.90 Å². The van der Waals surface area contributed by atoms with Crippen LogP contribution in [0, 0.1) is 0 Å². The molecule has 1 aliphatic rings. The molecule has 1 heterocycles. The lowest BCUT2D eigenvalue weighted by atomic mass is 10.0. The van der Waals surface area contributed by atoms with Gasteiger partial charge in [-0.25, -0.2) is 0 Å². The van der Waals surface area contributed by atoms with Crippen molar-refractivity contribution >= 4 is 16.1 Å². The van der Waals surface area contributed by atoms with Crippen molar-refractivity contribution in [2.75, 3.05) is 27.2 Å². The molecule has 1 aliphatic heterocycles. The summed E-state index contributed by atoms with van der Waals surface area (Å²) in [6, 6.07) is 8.70. The van der Waals surface area contributed by atoms with Gasteiger partial charge >= 0.3 is 0 Å². The summed E-state index contributed by atoms with van der Waals surface area (Å²) < 4.78 is 28.0. The van der Waals surface area contributed by atoms with E-state index < -0.39 is 16.3 Å². The van der Waals surface area contributed by atoms with Crippen molar-refractivity contribution in [3.8, 4) is 0 Å². The largest absolute Gasteiger partial charge is 0.341 e. The van der Waals surface area contributed by atoms with Gasteiger partial charge in [0.15, 0.2) is 0 Å². The first-order valence-corrected chi connectivity index (χ1v) is 9.36. The minimum atomic E-state index is -3.67. The fourth-order valence-electron chi connectivity index (χ4n) is 2.65. The summed E-state index contributed by atoms with van der Waals surface area (Å²) in [5.74, 6) is -0.140. The van der Waals surface area contributed by atoms with Crippen molar-refractivity contribution in [1.29, 1.82) is 0 Å². The molecule has 1 aromatic carbocycles. The number of amides is 1. The molecular weight excluding hydrogens is 314 g/mol. The molecule has 128 valence electrons. The van der Waals surface area contributed by atoms with Crippen LogP contribution in [0.15, 0.2) is 30.3 Å². The zero-order valence-electron chi connectivity index (χ0n) is 13.7. The molecule has 6 nitrogen and oxygen atoms in total.